The zero-order valence-corrected chi connectivity index (χ0v) is 12.9. The van der Waals surface area contributed by atoms with Crippen LogP contribution in [0.2, 0.25) is 0 Å². The highest BCUT2D eigenvalue weighted by Gasteiger charge is 2.26. The molecule has 0 amide bonds. The fourth-order valence-corrected chi connectivity index (χ4v) is 2.53. The van der Waals surface area contributed by atoms with E-state index in [0.29, 0.717) is 0 Å². The van der Waals surface area contributed by atoms with Gasteiger partial charge in [-0.3, -0.25) is 11.3 Å². The van der Waals surface area contributed by atoms with Crippen molar-refractivity contribution < 1.29 is 0 Å². The normalized spacial score (nSPS) is 14.0. The van der Waals surface area contributed by atoms with E-state index >= 15 is 0 Å². The van der Waals surface area contributed by atoms with Gasteiger partial charge < -0.3 is 0 Å². The Hall–Kier alpha value is 0.350. The van der Waals surface area contributed by atoms with Crippen LogP contribution in [0.4, 0.5) is 0 Å². The molecule has 0 saturated carbocycles. The molecule has 0 spiro atoms. The van der Waals surface area contributed by atoms with Gasteiger partial charge in [0.2, 0.25) is 0 Å². The van der Waals surface area contributed by atoms with E-state index in [4.69, 9.17) is 5.84 Å². The minimum atomic E-state index is 0.0850. The zero-order valence-electron chi connectivity index (χ0n) is 9.14. The summed E-state index contributed by atoms with van der Waals surface area (Å²) in [5.74, 6) is 5.64. The number of halogens is 2. The predicted octanol–water partition coefficient (Wildman–Crippen LogP) is 3.60. The highest BCUT2D eigenvalue weighted by Crippen LogP contribution is 2.36. The molecular formula is C11H16BrIN2. The van der Waals surface area contributed by atoms with Gasteiger partial charge in [0.25, 0.3) is 0 Å². The molecule has 1 aromatic rings. The van der Waals surface area contributed by atoms with Crippen LogP contribution >= 0.6 is 38.5 Å². The fourth-order valence-electron chi connectivity index (χ4n) is 1.54. The lowest BCUT2D eigenvalue weighted by atomic mass is 9.83. The Morgan fingerprint density at radius 2 is 2.00 bits per heavy atom. The van der Waals surface area contributed by atoms with Crippen LogP contribution in [0.5, 0.6) is 0 Å². The van der Waals surface area contributed by atoms with Crippen molar-refractivity contribution in [3.05, 3.63) is 31.8 Å². The van der Waals surface area contributed by atoms with Crippen molar-refractivity contribution >= 4 is 38.5 Å². The first-order chi connectivity index (χ1) is 6.86. The Balaban J connectivity index is 3.18. The molecule has 2 nitrogen and oxygen atoms in total. The van der Waals surface area contributed by atoms with Crippen LogP contribution in [0, 0.1) is 8.99 Å². The number of hydrogen-bond acceptors (Lipinski definition) is 2. The summed E-state index contributed by atoms with van der Waals surface area (Å²) in [4.78, 5) is 0. The van der Waals surface area contributed by atoms with Crippen LogP contribution in [0.15, 0.2) is 22.7 Å². The molecule has 0 radical (unpaired) electrons. The molecular weight excluding hydrogens is 367 g/mol. The monoisotopic (exact) mass is 382 g/mol. The summed E-state index contributed by atoms with van der Waals surface area (Å²) in [6, 6.07) is 6.43. The molecule has 0 bridgehead atoms. The molecule has 1 atom stereocenters. The third-order valence-electron chi connectivity index (χ3n) is 2.30. The van der Waals surface area contributed by atoms with Crippen molar-refractivity contribution in [3.63, 3.8) is 0 Å². The first kappa shape index (κ1) is 13.4. The third kappa shape index (κ3) is 3.41. The van der Waals surface area contributed by atoms with Crippen LogP contribution in [0.25, 0.3) is 0 Å². The first-order valence-electron chi connectivity index (χ1n) is 4.77. The van der Waals surface area contributed by atoms with Crippen molar-refractivity contribution in [3.8, 4) is 0 Å². The minimum Gasteiger partial charge on any atom is -0.271 e. The summed E-state index contributed by atoms with van der Waals surface area (Å²) in [6.07, 6.45) is 0. The van der Waals surface area contributed by atoms with Crippen molar-refractivity contribution in [1.29, 1.82) is 0 Å². The molecule has 15 heavy (non-hydrogen) atoms. The van der Waals surface area contributed by atoms with Gasteiger partial charge >= 0.3 is 0 Å². The lowest BCUT2D eigenvalue weighted by Crippen LogP contribution is -2.37. The lowest BCUT2D eigenvalue weighted by molar-refractivity contribution is 0.274. The van der Waals surface area contributed by atoms with E-state index in [2.05, 4.69) is 82.9 Å². The van der Waals surface area contributed by atoms with E-state index in [-0.39, 0.29) is 11.5 Å². The SMILES string of the molecule is CC(C)(C)C(NN)c1cc(I)ccc1Br. The quantitative estimate of drug-likeness (QED) is 0.466. The average molecular weight is 383 g/mol. The largest absolute Gasteiger partial charge is 0.271 e. The molecule has 0 aliphatic heterocycles. The Morgan fingerprint density at radius 1 is 1.40 bits per heavy atom. The highest BCUT2D eigenvalue weighted by molar-refractivity contribution is 14.1. The van der Waals surface area contributed by atoms with Gasteiger partial charge in [0.1, 0.15) is 0 Å². The summed E-state index contributed by atoms with van der Waals surface area (Å²) in [5, 5.41) is 0. The van der Waals surface area contributed by atoms with Gasteiger partial charge in [-0.1, -0.05) is 36.7 Å². The maximum Gasteiger partial charge on any atom is 0.0519 e. The zero-order chi connectivity index (χ0) is 11.6. The molecule has 3 N–H and O–H groups in total. The van der Waals surface area contributed by atoms with Gasteiger partial charge in [0.05, 0.1) is 6.04 Å². The standard InChI is InChI=1S/C11H16BrIN2/c1-11(2,3)10(15-14)8-6-7(13)4-5-9(8)12/h4-6,10,15H,14H2,1-3H3. The molecule has 0 heterocycles. The average Bonchev–Trinajstić information content (AvgIpc) is 2.10. The van der Waals surface area contributed by atoms with E-state index in [1.807, 2.05) is 0 Å². The summed E-state index contributed by atoms with van der Waals surface area (Å²) in [5.41, 5.74) is 4.18. The smallest absolute Gasteiger partial charge is 0.0519 e. The molecule has 4 heteroatoms. The second-order valence-corrected chi connectivity index (χ2v) is 6.73. The first-order valence-corrected chi connectivity index (χ1v) is 6.64. The van der Waals surface area contributed by atoms with Crippen molar-refractivity contribution in [2.24, 2.45) is 11.3 Å². The number of hydrazine groups is 1. The number of hydrogen-bond donors (Lipinski definition) is 2. The van der Waals surface area contributed by atoms with Gasteiger partial charge in [-0.15, -0.1) is 0 Å². The molecule has 0 aliphatic rings. The van der Waals surface area contributed by atoms with Crippen LogP contribution < -0.4 is 11.3 Å². The Kier molecular flexibility index (Phi) is 4.58. The second kappa shape index (κ2) is 5.12. The van der Waals surface area contributed by atoms with Gasteiger partial charge in [-0.25, -0.2) is 0 Å². The van der Waals surface area contributed by atoms with E-state index in [9.17, 15) is 0 Å². The van der Waals surface area contributed by atoms with E-state index in [1.165, 1.54) is 9.13 Å². The van der Waals surface area contributed by atoms with Gasteiger partial charge in [0, 0.05) is 8.04 Å². The number of nitrogens with two attached hydrogens (primary N) is 1. The van der Waals surface area contributed by atoms with Gasteiger partial charge in [0.15, 0.2) is 0 Å². The van der Waals surface area contributed by atoms with Crippen LogP contribution in [-0.2, 0) is 0 Å². The summed E-state index contributed by atoms with van der Waals surface area (Å²) >= 11 is 5.88. The topological polar surface area (TPSA) is 38.0 Å². The number of benzene rings is 1. The summed E-state index contributed by atoms with van der Waals surface area (Å²) in [7, 11) is 0. The molecule has 1 aromatic carbocycles. The molecule has 0 fully saturated rings. The van der Waals surface area contributed by atoms with Crippen molar-refractivity contribution in [1.82, 2.24) is 5.43 Å². The molecule has 0 saturated heterocycles. The molecule has 1 rings (SSSR count). The summed E-state index contributed by atoms with van der Waals surface area (Å²) in [6.45, 7) is 6.51. The van der Waals surface area contributed by atoms with E-state index in [0.717, 1.165) is 4.47 Å². The number of rotatable bonds is 2. The van der Waals surface area contributed by atoms with E-state index in [1.54, 1.807) is 0 Å². The van der Waals surface area contributed by atoms with Crippen molar-refractivity contribution in [2.45, 2.75) is 26.8 Å². The molecule has 0 aromatic heterocycles. The second-order valence-electron chi connectivity index (χ2n) is 4.63. The van der Waals surface area contributed by atoms with Crippen molar-refractivity contribution in [2.75, 3.05) is 0 Å². The van der Waals surface area contributed by atoms with Crippen LogP contribution in [0.1, 0.15) is 32.4 Å². The third-order valence-corrected chi connectivity index (χ3v) is 3.69. The number of nitrogens with one attached hydrogen (secondary N) is 1. The maximum atomic E-state index is 5.64. The van der Waals surface area contributed by atoms with Crippen LogP contribution in [0.3, 0.4) is 0 Å². The Bertz CT molecular complexity index is 347. The van der Waals surface area contributed by atoms with E-state index < -0.39 is 0 Å². The van der Waals surface area contributed by atoms with Gasteiger partial charge in [-0.2, -0.15) is 0 Å². The molecule has 1 unspecified atom stereocenters. The minimum absolute atomic E-state index is 0.0850. The predicted molar refractivity (Wildman–Crippen MR) is 76.4 cm³/mol. The molecule has 84 valence electrons. The van der Waals surface area contributed by atoms with Crippen LogP contribution in [-0.4, -0.2) is 0 Å². The Labute approximate surface area is 113 Å². The fraction of sp³-hybridized carbons (Fsp3) is 0.455. The Morgan fingerprint density at radius 3 is 2.47 bits per heavy atom. The lowest BCUT2D eigenvalue weighted by Gasteiger charge is -2.31. The van der Waals surface area contributed by atoms with Gasteiger partial charge in [-0.05, 0) is 51.8 Å². The summed E-state index contributed by atoms with van der Waals surface area (Å²) < 4.78 is 2.32. The highest BCUT2D eigenvalue weighted by atomic mass is 127. The maximum absolute atomic E-state index is 5.64. The molecule has 0 aliphatic carbocycles.